The number of carbonyl (C=O) groups excluding carboxylic acids is 1. The van der Waals surface area contributed by atoms with E-state index in [1.165, 1.54) is 0 Å². The molecule has 0 aliphatic rings. The molecular weight excluding hydrogens is 366 g/mol. The smallest absolute Gasteiger partial charge is 0.251 e. The third-order valence-electron chi connectivity index (χ3n) is 4.28. The van der Waals surface area contributed by atoms with Gasteiger partial charge >= 0.3 is 0 Å². The highest BCUT2D eigenvalue weighted by Crippen LogP contribution is 2.18. The molecule has 0 unspecified atom stereocenters. The van der Waals surface area contributed by atoms with Gasteiger partial charge in [0.2, 0.25) is 0 Å². The first-order valence-electron chi connectivity index (χ1n) is 9.48. The number of ether oxygens (including phenoxy) is 3. The number of rotatable bonds is 9. The van der Waals surface area contributed by atoms with E-state index in [9.17, 15) is 4.79 Å². The molecule has 1 N–H and O–H groups in total. The Morgan fingerprint density at radius 3 is 2.31 bits per heavy atom. The predicted octanol–water partition coefficient (Wildman–Crippen LogP) is 4.47. The molecule has 0 saturated carbocycles. The first-order valence-corrected chi connectivity index (χ1v) is 9.48. The van der Waals surface area contributed by atoms with Crippen LogP contribution in [0.5, 0.6) is 17.2 Å². The Bertz CT molecular complexity index is 910. The van der Waals surface area contributed by atoms with E-state index in [2.05, 4.69) is 5.32 Å². The molecule has 0 bridgehead atoms. The first kappa shape index (κ1) is 20.3. The zero-order valence-corrected chi connectivity index (χ0v) is 16.6. The number of hydrogen-bond donors (Lipinski definition) is 1. The highest BCUT2D eigenvalue weighted by Gasteiger charge is 2.11. The van der Waals surface area contributed by atoms with Gasteiger partial charge in [-0.1, -0.05) is 36.4 Å². The Morgan fingerprint density at radius 2 is 1.59 bits per heavy atom. The number of hydrogen-bond acceptors (Lipinski definition) is 4. The summed E-state index contributed by atoms with van der Waals surface area (Å²) < 4.78 is 16.6. The summed E-state index contributed by atoms with van der Waals surface area (Å²) in [6.45, 7) is 2.72. The average molecular weight is 391 g/mol. The van der Waals surface area contributed by atoms with E-state index in [-0.39, 0.29) is 11.9 Å². The van der Waals surface area contributed by atoms with Crippen molar-refractivity contribution >= 4 is 5.91 Å². The Kier molecular flexibility index (Phi) is 7.11. The number of carbonyl (C=O) groups is 1. The second-order valence-corrected chi connectivity index (χ2v) is 6.66. The predicted molar refractivity (Wildman–Crippen MR) is 113 cm³/mol. The molecule has 0 radical (unpaired) electrons. The van der Waals surface area contributed by atoms with Crippen molar-refractivity contribution < 1.29 is 19.0 Å². The minimum Gasteiger partial charge on any atom is -0.497 e. The van der Waals surface area contributed by atoms with Crippen LogP contribution in [0, 0.1) is 0 Å². The van der Waals surface area contributed by atoms with Gasteiger partial charge < -0.3 is 19.5 Å². The molecule has 5 nitrogen and oxygen atoms in total. The molecule has 3 aromatic carbocycles. The number of amides is 1. The van der Waals surface area contributed by atoms with Gasteiger partial charge in [0.25, 0.3) is 5.91 Å². The van der Waals surface area contributed by atoms with E-state index in [0.29, 0.717) is 24.5 Å². The van der Waals surface area contributed by atoms with Crippen LogP contribution in [-0.2, 0) is 6.61 Å². The quantitative estimate of drug-likeness (QED) is 0.585. The van der Waals surface area contributed by atoms with Crippen molar-refractivity contribution in [3.63, 3.8) is 0 Å². The second kappa shape index (κ2) is 10.2. The molecule has 29 heavy (non-hydrogen) atoms. The van der Waals surface area contributed by atoms with Crippen molar-refractivity contribution in [2.75, 3.05) is 13.7 Å². The topological polar surface area (TPSA) is 56.8 Å². The van der Waals surface area contributed by atoms with E-state index in [0.717, 1.165) is 17.1 Å². The zero-order valence-electron chi connectivity index (χ0n) is 16.6. The Morgan fingerprint density at radius 1 is 0.862 bits per heavy atom. The van der Waals surface area contributed by atoms with Crippen LogP contribution in [-0.4, -0.2) is 25.7 Å². The van der Waals surface area contributed by atoms with Crippen molar-refractivity contribution in [3.8, 4) is 17.2 Å². The van der Waals surface area contributed by atoms with E-state index in [4.69, 9.17) is 14.2 Å². The molecular formula is C24H25NO4. The van der Waals surface area contributed by atoms with E-state index in [1.807, 2.05) is 73.7 Å². The van der Waals surface area contributed by atoms with Gasteiger partial charge in [-0.25, -0.2) is 0 Å². The molecule has 0 fully saturated rings. The van der Waals surface area contributed by atoms with E-state index < -0.39 is 0 Å². The van der Waals surface area contributed by atoms with E-state index in [1.54, 1.807) is 19.2 Å². The van der Waals surface area contributed by atoms with Crippen molar-refractivity contribution in [2.24, 2.45) is 0 Å². The van der Waals surface area contributed by atoms with Crippen LogP contribution in [0.2, 0.25) is 0 Å². The summed E-state index contributed by atoms with van der Waals surface area (Å²) in [7, 11) is 1.62. The van der Waals surface area contributed by atoms with Gasteiger partial charge in [-0.05, 0) is 55.0 Å². The van der Waals surface area contributed by atoms with E-state index >= 15 is 0 Å². The number of methoxy groups -OCH3 is 1. The molecule has 1 atom stereocenters. The summed E-state index contributed by atoms with van der Waals surface area (Å²) in [5.41, 5.74) is 1.62. The lowest BCUT2D eigenvalue weighted by molar-refractivity contribution is 0.0926. The minimum absolute atomic E-state index is 0.154. The highest BCUT2D eigenvalue weighted by atomic mass is 16.5. The van der Waals surface area contributed by atoms with Gasteiger partial charge in [-0.2, -0.15) is 0 Å². The molecule has 3 rings (SSSR count). The molecule has 0 aliphatic heterocycles. The Balaban J connectivity index is 1.50. The lowest BCUT2D eigenvalue weighted by Gasteiger charge is -2.16. The van der Waals surface area contributed by atoms with Gasteiger partial charge in [0.15, 0.2) is 0 Å². The van der Waals surface area contributed by atoms with Crippen LogP contribution in [0.15, 0.2) is 78.9 Å². The van der Waals surface area contributed by atoms with Gasteiger partial charge in [0.1, 0.15) is 30.5 Å². The van der Waals surface area contributed by atoms with Gasteiger partial charge in [0.05, 0.1) is 13.2 Å². The maximum atomic E-state index is 12.5. The number of nitrogens with one attached hydrogen (secondary N) is 1. The van der Waals surface area contributed by atoms with Crippen molar-refractivity contribution in [1.82, 2.24) is 5.32 Å². The molecule has 150 valence electrons. The molecule has 0 saturated heterocycles. The van der Waals surface area contributed by atoms with Gasteiger partial charge in [-0.3, -0.25) is 4.79 Å². The maximum absolute atomic E-state index is 12.5. The standard InChI is InChI=1S/C24H25NO4/c1-18(16-28-22-13-11-21(27-2)12-14-22)25-24(26)20-9-6-10-23(15-20)29-17-19-7-4-3-5-8-19/h3-15,18H,16-17H2,1-2H3,(H,25,26)/t18-/m1/s1. The van der Waals surface area contributed by atoms with Gasteiger partial charge in [-0.15, -0.1) is 0 Å². The molecule has 1 amide bonds. The van der Waals surface area contributed by atoms with Crippen molar-refractivity contribution in [1.29, 1.82) is 0 Å². The summed E-state index contributed by atoms with van der Waals surface area (Å²) >= 11 is 0. The van der Waals surface area contributed by atoms with Crippen LogP contribution in [0.1, 0.15) is 22.8 Å². The van der Waals surface area contributed by atoms with Crippen molar-refractivity contribution in [2.45, 2.75) is 19.6 Å². The third-order valence-corrected chi connectivity index (χ3v) is 4.28. The van der Waals surface area contributed by atoms with Crippen molar-refractivity contribution in [3.05, 3.63) is 90.0 Å². The summed E-state index contributed by atoms with van der Waals surface area (Å²) in [5, 5.41) is 2.95. The monoisotopic (exact) mass is 391 g/mol. The molecule has 3 aromatic rings. The third kappa shape index (κ3) is 6.28. The molecule has 5 heteroatoms. The Labute approximate surface area is 171 Å². The lowest BCUT2D eigenvalue weighted by Crippen LogP contribution is -2.36. The van der Waals surface area contributed by atoms with Gasteiger partial charge in [0, 0.05) is 5.56 Å². The summed E-state index contributed by atoms with van der Waals surface area (Å²) in [6.07, 6.45) is 0. The van der Waals surface area contributed by atoms with Crippen LogP contribution in [0.25, 0.3) is 0 Å². The fourth-order valence-corrected chi connectivity index (χ4v) is 2.71. The zero-order chi connectivity index (χ0) is 20.5. The normalized spacial score (nSPS) is 11.4. The highest BCUT2D eigenvalue weighted by molar-refractivity contribution is 5.94. The molecule has 0 heterocycles. The lowest BCUT2D eigenvalue weighted by atomic mass is 10.2. The fraction of sp³-hybridized carbons (Fsp3) is 0.208. The maximum Gasteiger partial charge on any atom is 0.251 e. The average Bonchev–Trinajstić information content (AvgIpc) is 2.77. The largest absolute Gasteiger partial charge is 0.497 e. The first-order chi connectivity index (χ1) is 14.1. The summed E-state index contributed by atoms with van der Waals surface area (Å²) in [5.74, 6) is 1.99. The fourth-order valence-electron chi connectivity index (χ4n) is 2.71. The minimum atomic E-state index is -0.166. The molecule has 0 spiro atoms. The number of benzene rings is 3. The summed E-state index contributed by atoms with van der Waals surface area (Å²) in [6, 6.07) is 24.3. The molecule has 0 aromatic heterocycles. The van der Waals surface area contributed by atoms with Crippen LogP contribution >= 0.6 is 0 Å². The second-order valence-electron chi connectivity index (χ2n) is 6.66. The molecule has 0 aliphatic carbocycles. The van der Waals surface area contributed by atoms with Crippen LogP contribution in [0.4, 0.5) is 0 Å². The van der Waals surface area contributed by atoms with Crippen LogP contribution in [0.3, 0.4) is 0 Å². The SMILES string of the molecule is COc1ccc(OC[C@@H](C)NC(=O)c2cccc(OCc3ccccc3)c2)cc1. The summed E-state index contributed by atoms with van der Waals surface area (Å²) in [4.78, 5) is 12.5. The Hall–Kier alpha value is -3.47. The van der Waals surface area contributed by atoms with Crippen LogP contribution < -0.4 is 19.5 Å².